The number of hydrogen-bond donors (Lipinski definition) is 1. The first-order chi connectivity index (χ1) is 12.2. The molecule has 4 rings (SSSR count). The molecule has 0 unspecified atom stereocenters. The smallest absolute Gasteiger partial charge is 0.228 e. The standard InChI is InChI=1S/C20H23N3O2/c24-19-12-16(14-22(19)13-15-6-2-1-3-7-15)20(25)23-11-5-9-18(23)17-8-4-10-21-17/h1-4,6-8,10,16,18,21H,5,9,11-14H2/t16-,18-/m0/s1. The van der Waals surface area contributed by atoms with Crippen molar-refractivity contribution in [1.29, 1.82) is 0 Å². The summed E-state index contributed by atoms with van der Waals surface area (Å²) in [5.41, 5.74) is 2.20. The van der Waals surface area contributed by atoms with Crippen LogP contribution in [0.15, 0.2) is 48.7 Å². The third-order valence-corrected chi connectivity index (χ3v) is 5.30. The third kappa shape index (κ3) is 3.18. The van der Waals surface area contributed by atoms with Gasteiger partial charge in [0.05, 0.1) is 12.0 Å². The Morgan fingerprint density at radius 1 is 1.16 bits per heavy atom. The summed E-state index contributed by atoms with van der Waals surface area (Å²) in [6, 6.07) is 14.1. The van der Waals surface area contributed by atoms with Crippen molar-refractivity contribution in [3.63, 3.8) is 0 Å². The van der Waals surface area contributed by atoms with E-state index in [1.165, 1.54) is 0 Å². The number of benzene rings is 1. The van der Waals surface area contributed by atoms with Gasteiger partial charge in [-0.05, 0) is 30.5 Å². The summed E-state index contributed by atoms with van der Waals surface area (Å²) in [5, 5.41) is 0. The van der Waals surface area contributed by atoms with Gasteiger partial charge in [-0.25, -0.2) is 0 Å². The van der Waals surface area contributed by atoms with Gasteiger partial charge >= 0.3 is 0 Å². The Balaban J connectivity index is 1.43. The molecule has 1 aromatic carbocycles. The van der Waals surface area contributed by atoms with Gasteiger partial charge in [0.15, 0.2) is 0 Å². The minimum atomic E-state index is -0.216. The largest absolute Gasteiger partial charge is 0.363 e. The van der Waals surface area contributed by atoms with E-state index in [0.717, 1.165) is 30.6 Å². The number of hydrogen-bond acceptors (Lipinski definition) is 2. The van der Waals surface area contributed by atoms with Crippen molar-refractivity contribution in [3.05, 3.63) is 59.9 Å². The maximum absolute atomic E-state index is 13.0. The van der Waals surface area contributed by atoms with Gasteiger partial charge in [0, 0.05) is 37.9 Å². The summed E-state index contributed by atoms with van der Waals surface area (Å²) < 4.78 is 0. The zero-order valence-electron chi connectivity index (χ0n) is 14.2. The molecule has 0 bridgehead atoms. The molecule has 5 heteroatoms. The van der Waals surface area contributed by atoms with Crippen LogP contribution in [0.5, 0.6) is 0 Å². The molecule has 2 atom stereocenters. The van der Waals surface area contributed by atoms with Crippen LogP contribution < -0.4 is 0 Å². The summed E-state index contributed by atoms with van der Waals surface area (Å²) in [4.78, 5) is 32.4. The molecule has 0 spiro atoms. The van der Waals surface area contributed by atoms with Crippen molar-refractivity contribution in [2.45, 2.75) is 31.8 Å². The molecule has 25 heavy (non-hydrogen) atoms. The van der Waals surface area contributed by atoms with E-state index < -0.39 is 0 Å². The highest BCUT2D eigenvalue weighted by Gasteiger charge is 2.40. The second kappa shape index (κ2) is 6.75. The molecular weight excluding hydrogens is 314 g/mol. The summed E-state index contributed by atoms with van der Waals surface area (Å²) in [5.74, 6) is -0.00869. The number of amides is 2. The second-order valence-corrected chi connectivity index (χ2v) is 6.98. The van der Waals surface area contributed by atoms with Gasteiger partial charge in [-0.2, -0.15) is 0 Å². The molecule has 2 amide bonds. The first-order valence-corrected chi connectivity index (χ1v) is 8.98. The number of carbonyl (C=O) groups is 2. The Morgan fingerprint density at radius 2 is 2.00 bits per heavy atom. The second-order valence-electron chi connectivity index (χ2n) is 6.98. The molecule has 2 aliphatic rings. The van der Waals surface area contributed by atoms with Crippen LogP contribution in [0.1, 0.15) is 36.6 Å². The average Bonchev–Trinajstić information content (AvgIpc) is 3.36. The topological polar surface area (TPSA) is 56.4 Å². The fourth-order valence-electron chi connectivity index (χ4n) is 4.03. The molecule has 2 aliphatic heterocycles. The van der Waals surface area contributed by atoms with E-state index in [4.69, 9.17) is 0 Å². The first-order valence-electron chi connectivity index (χ1n) is 8.98. The van der Waals surface area contributed by atoms with Crippen molar-refractivity contribution in [2.75, 3.05) is 13.1 Å². The van der Waals surface area contributed by atoms with Crippen LogP contribution in [0.4, 0.5) is 0 Å². The van der Waals surface area contributed by atoms with Crippen LogP contribution in [0, 0.1) is 5.92 Å². The number of nitrogens with zero attached hydrogens (tertiary/aromatic N) is 2. The summed E-state index contributed by atoms with van der Waals surface area (Å²) in [6.07, 6.45) is 4.24. The predicted molar refractivity (Wildman–Crippen MR) is 94.4 cm³/mol. The fraction of sp³-hybridized carbons (Fsp3) is 0.400. The number of carbonyl (C=O) groups excluding carboxylic acids is 2. The highest BCUT2D eigenvalue weighted by Crippen LogP contribution is 2.34. The highest BCUT2D eigenvalue weighted by molar-refractivity contribution is 5.89. The van der Waals surface area contributed by atoms with Crippen LogP contribution in [0.25, 0.3) is 0 Å². The lowest BCUT2D eigenvalue weighted by atomic mass is 10.1. The van der Waals surface area contributed by atoms with Crippen LogP contribution >= 0.6 is 0 Å². The molecule has 2 saturated heterocycles. The maximum Gasteiger partial charge on any atom is 0.228 e. The Morgan fingerprint density at radius 3 is 2.76 bits per heavy atom. The van der Waals surface area contributed by atoms with Gasteiger partial charge in [-0.15, -0.1) is 0 Å². The van der Waals surface area contributed by atoms with Crippen LogP contribution in [0.2, 0.25) is 0 Å². The SMILES string of the molecule is O=C1C[C@H](C(=O)N2CCC[C@H]2c2ccc[nH]2)CN1Cc1ccccc1. The molecule has 1 N–H and O–H groups in total. The number of aromatic amines is 1. The van der Waals surface area contributed by atoms with Crippen LogP contribution in [-0.4, -0.2) is 39.7 Å². The molecule has 130 valence electrons. The molecule has 1 aromatic heterocycles. The van der Waals surface area contributed by atoms with Crippen molar-refractivity contribution in [3.8, 4) is 0 Å². The Bertz CT molecular complexity index is 742. The van der Waals surface area contributed by atoms with E-state index in [-0.39, 0.29) is 23.8 Å². The summed E-state index contributed by atoms with van der Waals surface area (Å²) >= 11 is 0. The molecule has 2 fully saturated rings. The van der Waals surface area contributed by atoms with Crippen molar-refractivity contribution in [1.82, 2.24) is 14.8 Å². The third-order valence-electron chi connectivity index (χ3n) is 5.30. The summed E-state index contributed by atoms with van der Waals surface area (Å²) in [7, 11) is 0. The monoisotopic (exact) mass is 337 g/mol. The van der Waals surface area contributed by atoms with E-state index >= 15 is 0 Å². The lowest BCUT2D eigenvalue weighted by molar-refractivity contribution is -0.136. The maximum atomic E-state index is 13.0. The average molecular weight is 337 g/mol. The number of rotatable bonds is 4. The van der Waals surface area contributed by atoms with E-state index in [2.05, 4.69) is 4.98 Å². The van der Waals surface area contributed by atoms with Gasteiger partial charge in [-0.1, -0.05) is 30.3 Å². The lowest BCUT2D eigenvalue weighted by Gasteiger charge is -2.27. The Kier molecular flexibility index (Phi) is 4.30. The number of nitrogens with one attached hydrogen (secondary N) is 1. The molecular formula is C20H23N3O2. The highest BCUT2D eigenvalue weighted by atomic mass is 16.2. The molecule has 2 aromatic rings. The van der Waals surface area contributed by atoms with Gasteiger partial charge in [-0.3, -0.25) is 9.59 Å². The minimum absolute atomic E-state index is 0.0813. The van der Waals surface area contributed by atoms with Gasteiger partial charge in [0.1, 0.15) is 0 Å². The molecule has 0 aliphatic carbocycles. The van der Waals surface area contributed by atoms with Crippen LogP contribution in [-0.2, 0) is 16.1 Å². The zero-order chi connectivity index (χ0) is 17.2. The quantitative estimate of drug-likeness (QED) is 0.933. The molecule has 0 radical (unpaired) electrons. The van der Waals surface area contributed by atoms with E-state index in [1.54, 1.807) is 0 Å². The Labute approximate surface area is 147 Å². The number of likely N-dealkylation sites (tertiary alicyclic amines) is 2. The lowest BCUT2D eigenvalue weighted by Crippen LogP contribution is -2.37. The van der Waals surface area contributed by atoms with Gasteiger partial charge < -0.3 is 14.8 Å². The van der Waals surface area contributed by atoms with E-state index in [1.807, 2.05) is 58.5 Å². The Hall–Kier alpha value is -2.56. The van der Waals surface area contributed by atoms with Crippen molar-refractivity contribution >= 4 is 11.8 Å². The fourth-order valence-corrected chi connectivity index (χ4v) is 4.03. The zero-order valence-corrected chi connectivity index (χ0v) is 14.2. The van der Waals surface area contributed by atoms with Gasteiger partial charge in [0.2, 0.25) is 11.8 Å². The minimum Gasteiger partial charge on any atom is -0.363 e. The predicted octanol–water partition coefficient (Wildman–Crippen LogP) is 2.73. The van der Waals surface area contributed by atoms with E-state index in [0.29, 0.717) is 19.5 Å². The number of aromatic nitrogens is 1. The summed E-state index contributed by atoms with van der Waals surface area (Å²) in [6.45, 7) is 1.90. The van der Waals surface area contributed by atoms with Gasteiger partial charge in [0.25, 0.3) is 0 Å². The molecule has 0 saturated carbocycles. The number of H-pyrrole nitrogens is 1. The van der Waals surface area contributed by atoms with Crippen LogP contribution in [0.3, 0.4) is 0 Å². The van der Waals surface area contributed by atoms with Crippen molar-refractivity contribution in [2.24, 2.45) is 5.92 Å². The normalized spacial score (nSPS) is 23.4. The van der Waals surface area contributed by atoms with E-state index in [9.17, 15) is 9.59 Å². The van der Waals surface area contributed by atoms with Crippen molar-refractivity contribution < 1.29 is 9.59 Å². The molecule has 5 nitrogen and oxygen atoms in total. The molecule has 3 heterocycles. The first kappa shape index (κ1) is 15.9.